The first-order valence-electron chi connectivity index (χ1n) is 9.59. The second-order valence-corrected chi connectivity index (χ2v) is 6.91. The van der Waals surface area contributed by atoms with Gasteiger partial charge in [0.2, 0.25) is 5.91 Å². The van der Waals surface area contributed by atoms with Gasteiger partial charge in [-0.3, -0.25) is 9.59 Å². The number of carbonyl (C=O) groups excluding carboxylic acids is 2. The van der Waals surface area contributed by atoms with Crippen LogP contribution in [0.4, 0.5) is 5.69 Å². The zero-order valence-electron chi connectivity index (χ0n) is 16.7. The molecule has 1 unspecified atom stereocenters. The van der Waals surface area contributed by atoms with Crippen molar-refractivity contribution in [3.63, 3.8) is 0 Å². The maximum absolute atomic E-state index is 12.6. The molecule has 3 rings (SSSR count). The Labute approximate surface area is 170 Å². The van der Waals surface area contributed by atoms with Crippen molar-refractivity contribution in [1.29, 1.82) is 0 Å². The number of nitrogens with one attached hydrogen (secondary N) is 1. The molecule has 2 aromatic rings. The number of benzene rings is 2. The quantitative estimate of drug-likeness (QED) is 0.740. The molecule has 2 amide bonds. The van der Waals surface area contributed by atoms with Crippen LogP contribution in [0.2, 0.25) is 0 Å². The largest absolute Gasteiger partial charge is 0.497 e. The van der Waals surface area contributed by atoms with Gasteiger partial charge in [0, 0.05) is 24.9 Å². The molecule has 0 spiro atoms. The summed E-state index contributed by atoms with van der Waals surface area (Å²) in [6, 6.07) is 13.9. The van der Waals surface area contributed by atoms with Crippen LogP contribution in [-0.2, 0) is 9.53 Å². The van der Waals surface area contributed by atoms with Crippen molar-refractivity contribution in [1.82, 2.24) is 4.90 Å². The standard InChI is InChI=1S/C22H26N2O5/c1-24(14-21(25)23-17-7-11-18(27-2)12-8-17)22(26)16-5-9-19(10-6-16)29-15-20-4-3-13-28-20/h5-12,20H,3-4,13-15H2,1-2H3,(H,23,25). The summed E-state index contributed by atoms with van der Waals surface area (Å²) < 4.78 is 16.3. The third kappa shape index (κ3) is 5.96. The predicted molar refractivity (Wildman–Crippen MR) is 109 cm³/mol. The predicted octanol–water partition coefficient (Wildman–Crippen LogP) is 2.96. The SMILES string of the molecule is COc1ccc(NC(=O)CN(C)C(=O)c2ccc(OCC3CCCO3)cc2)cc1. The number of rotatable bonds is 8. The van der Waals surface area contributed by atoms with E-state index in [1.54, 1.807) is 62.7 Å². The fourth-order valence-corrected chi connectivity index (χ4v) is 3.04. The second kappa shape index (κ2) is 9.93. The number of likely N-dealkylation sites (N-methyl/N-ethyl adjacent to an activating group) is 1. The molecule has 1 fully saturated rings. The number of ether oxygens (including phenoxy) is 3. The van der Waals surface area contributed by atoms with E-state index in [9.17, 15) is 9.59 Å². The Morgan fingerprint density at radius 2 is 1.79 bits per heavy atom. The molecule has 1 aliphatic rings. The van der Waals surface area contributed by atoms with Gasteiger partial charge in [-0.25, -0.2) is 0 Å². The lowest BCUT2D eigenvalue weighted by Crippen LogP contribution is -2.34. The van der Waals surface area contributed by atoms with E-state index in [4.69, 9.17) is 14.2 Å². The Bertz CT molecular complexity index is 814. The van der Waals surface area contributed by atoms with Crippen molar-refractivity contribution < 1.29 is 23.8 Å². The molecule has 154 valence electrons. The lowest BCUT2D eigenvalue weighted by molar-refractivity contribution is -0.116. The van der Waals surface area contributed by atoms with Crippen LogP contribution in [0.5, 0.6) is 11.5 Å². The lowest BCUT2D eigenvalue weighted by Gasteiger charge is -2.17. The van der Waals surface area contributed by atoms with Crippen molar-refractivity contribution in [2.45, 2.75) is 18.9 Å². The molecule has 0 aliphatic carbocycles. The van der Waals surface area contributed by atoms with Gasteiger partial charge < -0.3 is 24.4 Å². The van der Waals surface area contributed by atoms with Gasteiger partial charge >= 0.3 is 0 Å². The first-order chi connectivity index (χ1) is 14.0. The third-order valence-electron chi connectivity index (χ3n) is 4.66. The second-order valence-electron chi connectivity index (χ2n) is 6.91. The molecular weight excluding hydrogens is 372 g/mol. The number of hydrogen-bond acceptors (Lipinski definition) is 5. The van der Waals surface area contributed by atoms with Crippen molar-refractivity contribution >= 4 is 17.5 Å². The highest BCUT2D eigenvalue weighted by molar-refractivity contribution is 5.99. The van der Waals surface area contributed by atoms with Gasteiger partial charge in [0.05, 0.1) is 19.8 Å². The summed E-state index contributed by atoms with van der Waals surface area (Å²) in [6.45, 7) is 1.25. The van der Waals surface area contributed by atoms with Crippen LogP contribution < -0.4 is 14.8 Å². The Kier molecular flexibility index (Phi) is 7.08. The normalized spacial score (nSPS) is 15.6. The molecule has 0 saturated carbocycles. The summed E-state index contributed by atoms with van der Waals surface area (Å²) in [7, 11) is 3.18. The third-order valence-corrected chi connectivity index (χ3v) is 4.66. The highest BCUT2D eigenvalue weighted by Gasteiger charge is 2.17. The summed E-state index contributed by atoms with van der Waals surface area (Å²) in [6.07, 6.45) is 2.23. The minimum atomic E-state index is -0.275. The van der Waals surface area contributed by atoms with Gasteiger partial charge in [0.15, 0.2) is 0 Å². The van der Waals surface area contributed by atoms with E-state index in [-0.39, 0.29) is 24.5 Å². The molecule has 1 aliphatic heterocycles. The minimum absolute atomic E-state index is 0.0534. The molecule has 0 bridgehead atoms. The summed E-state index contributed by atoms with van der Waals surface area (Å²) in [5, 5.41) is 2.76. The van der Waals surface area contributed by atoms with Gasteiger partial charge in [-0.1, -0.05) is 0 Å². The number of amides is 2. The van der Waals surface area contributed by atoms with Crippen LogP contribution in [0.3, 0.4) is 0 Å². The molecule has 29 heavy (non-hydrogen) atoms. The zero-order chi connectivity index (χ0) is 20.6. The fourth-order valence-electron chi connectivity index (χ4n) is 3.04. The number of methoxy groups -OCH3 is 1. The molecule has 0 aromatic heterocycles. The Morgan fingerprint density at radius 3 is 2.41 bits per heavy atom. The topological polar surface area (TPSA) is 77.1 Å². The molecule has 1 N–H and O–H groups in total. The molecule has 1 saturated heterocycles. The summed E-state index contributed by atoms with van der Waals surface area (Å²) >= 11 is 0. The maximum atomic E-state index is 12.6. The first-order valence-corrected chi connectivity index (χ1v) is 9.59. The van der Waals surface area contributed by atoms with E-state index >= 15 is 0 Å². The smallest absolute Gasteiger partial charge is 0.254 e. The van der Waals surface area contributed by atoms with Crippen LogP contribution >= 0.6 is 0 Å². The number of carbonyl (C=O) groups is 2. The zero-order valence-corrected chi connectivity index (χ0v) is 16.7. The summed E-state index contributed by atoms with van der Waals surface area (Å²) in [4.78, 5) is 26.1. The highest BCUT2D eigenvalue weighted by Crippen LogP contribution is 2.18. The average molecular weight is 398 g/mol. The molecule has 1 heterocycles. The van der Waals surface area contributed by atoms with Crippen LogP contribution in [0, 0.1) is 0 Å². The molecule has 7 nitrogen and oxygen atoms in total. The summed E-state index contributed by atoms with van der Waals surface area (Å²) in [5.41, 5.74) is 1.14. The maximum Gasteiger partial charge on any atom is 0.254 e. The number of anilines is 1. The van der Waals surface area contributed by atoms with Crippen molar-refractivity contribution in [2.24, 2.45) is 0 Å². The van der Waals surface area contributed by atoms with Gasteiger partial charge in [-0.15, -0.1) is 0 Å². The van der Waals surface area contributed by atoms with E-state index in [2.05, 4.69) is 5.32 Å². The molecular formula is C22H26N2O5. The fraction of sp³-hybridized carbons (Fsp3) is 0.364. The number of hydrogen-bond donors (Lipinski definition) is 1. The molecule has 0 radical (unpaired) electrons. The van der Waals surface area contributed by atoms with E-state index in [1.165, 1.54) is 4.90 Å². The van der Waals surface area contributed by atoms with E-state index in [0.717, 1.165) is 19.4 Å². The molecule has 1 atom stereocenters. The first kappa shape index (κ1) is 20.7. The average Bonchev–Trinajstić information content (AvgIpc) is 3.26. The monoisotopic (exact) mass is 398 g/mol. The minimum Gasteiger partial charge on any atom is -0.497 e. The van der Waals surface area contributed by atoms with E-state index in [1.807, 2.05) is 0 Å². The highest BCUT2D eigenvalue weighted by atomic mass is 16.5. The lowest BCUT2D eigenvalue weighted by atomic mass is 10.2. The van der Waals surface area contributed by atoms with Crippen molar-refractivity contribution in [3.8, 4) is 11.5 Å². The van der Waals surface area contributed by atoms with Crippen LogP contribution in [-0.4, -0.2) is 56.7 Å². The summed E-state index contributed by atoms with van der Waals surface area (Å²) in [5.74, 6) is 0.888. The van der Waals surface area contributed by atoms with Gasteiger partial charge in [0.1, 0.15) is 18.1 Å². The van der Waals surface area contributed by atoms with Gasteiger partial charge in [-0.05, 0) is 61.4 Å². The van der Waals surface area contributed by atoms with Crippen LogP contribution in [0.15, 0.2) is 48.5 Å². The molecule has 7 heteroatoms. The van der Waals surface area contributed by atoms with Crippen LogP contribution in [0.25, 0.3) is 0 Å². The van der Waals surface area contributed by atoms with Crippen molar-refractivity contribution in [3.05, 3.63) is 54.1 Å². The van der Waals surface area contributed by atoms with E-state index in [0.29, 0.717) is 29.4 Å². The number of nitrogens with zero attached hydrogens (tertiary/aromatic N) is 1. The van der Waals surface area contributed by atoms with E-state index < -0.39 is 0 Å². The van der Waals surface area contributed by atoms with Gasteiger partial charge in [-0.2, -0.15) is 0 Å². The van der Waals surface area contributed by atoms with Crippen molar-refractivity contribution in [2.75, 3.05) is 39.2 Å². The Balaban J connectivity index is 1.48. The Morgan fingerprint density at radius 1 is 1.10 bits per heavy atom. The van der Waals surface area contributed by atoms with Gasteiger partial charge in [0.25, 0.3) is 5.91 Å². The Hall–Kier alpha value is -3.06. The molecule has 2 aromatic carbocycles. The van der Waals surface area contributed by atoms with Crippen LogP contribution in [0.1, 0.15) is 23.2 Å².